The third kappa shape index (κ3) is 3.08. The second kappa shape index (κ2) is 6.20. The predicted octanol–water partition coefficient (Wildman–Crippen LogP) is 2.84. The molecule has 0 fully saturated rings. The Kier molecular flexibility index (Phi) is 4.10. The monoisotopic (exact) mass is 314 g/mol. The van der Waals surface area contributed by atoms with Gasteiger partial charge >= 0.3 is 0 Å². The van der Waals surface area contributed by atoms with Crippen LogP contribution in [0.2, 0.25) is 0 Å². The van der Waals surface area contributed by atoms with Crippen LogP contribution in [0.25, 0.3) is 23.0 Å². The van der Waals surface area contributed by atoms with Gasteiger partial charge in [-0.15, -0.1) is 0 Å². The quantitative estimate of drug-likeness (QED) is 0.777. The highest BCUT2D eigenvalue weighted by molar-refractivity contribution is 5.57. The number of oxazole rings is 1. The molecule has 0 unspecified atom stereocenters. The lowest BCUT2D eigenvalue weighted by molar-refractivity contribution is 0.429. The first-order chi connectivity index (χ1) is 11.1. The first kappa shape index (κ1) is 15.2. The molecule has 0 aliphatic rings. The SMILES string of the molecule is CCc1ocnc1-c1nc(-c2ccc(CC(C)C)[nH]c2=O)no1. The molecule has 0 saturated carbocycles. The number of hydrogen-bond donors (Lipinski definition) is 1. The van der Waals surface area contributed by atoms with Gasteiger partial charge in [0.2, 0.25) is 5.82 Å². The summed E-state index contributed by atoms with van der Waals surface area (Å²) in [5, 5.41) is 3.88. The summed E-state index contributed by atoms with van der Waals surface area (Å²) in [6.45, 7) is 6.14. The fourth-order valence-electron chi connectivity index (χ4n) is 2.37. The predicted molar refractivity (Wildman–Crippen MR) is 83.8 cm³/mol. The average Bonchev–Trinajstić information content (AvgIpc) is 3.15. The van der Waals surface area contributed by atoms with Crippen molar-refractivity contribution in [3.8, 4) is 23.0 Å². The van der Waals surface area contributed by atoms with Gasteiger partial charge in [0.25, 0.3) is 11.4 Å². The van der Waals surface area contributed by atoms with Crippen LogP contribution in [0.5, 0.6) is 0 Å². The van der Waals surface area contributed by atoms with Crippen molar-refractivity contribution >= 4 is 0 Å². The van der Waals surface area contributed by atoms with Crippen LogP contribution in [0.3, 0.4) is 0 Å². The number of rotatable bonds is 5. The highest BCUT2D eigenvalue weighted by Gasteiger charge is 2.18. The van der Waals surface area contributed by atoms with Crippen LogP contribution in [0, 0.1) is 5.92 Å². The zero-order valence-corrected chi connectivity index (χ0v) is 13.3. The van der Waals surface area contributed by atoms with Crippen LogP contribution in [0.1, 0.15) is 32.2 Å². The number of pyridine rings is 1. The van der Waals surface area contributed by atoms with Gasteiger partial charge in [-0.1, -0.05) is 25.9 Å². The zero-order chi connectivity index (χ0) is 16.4. The van der Waals surface area contributed by atoms with Gasteiger partial charge in [-0.05, 0) is 24.5 Å². The van der Waals surface area contributed by atoms with E-state index in [1.54, 1.807) is 6.07 Å². The molecule has 0 amide bonds. The standard InChI is InChI=1S/C16H18N4O3/c1-4-12-13(17-8-22-12)16-19-14(20-23-16)11-6-5-10(7-9(2)3)18-15(11)21/h5-6,8-9H,4,7H2,1-3H3,(H,18,21). The van der Waals surface area contributed by atoms with Crippen molar-refractivity contribution in [2.75, 3.05) is 0 Å². The van der Waals surface area contributed by atoms with Gasteiger partial charge in [-0.2, -0.15) is 4.98 Å². The van der Waals surface area contributed by atoms with E-state index in [0.29, 0.717) is 29.4 Å². The third-order valence-electron chi connectivity index (χ3n) is 3.43. The van der Waals surface area contributed by atoms with Crippen LogP contribution >= 0.6 is 0 Å². The second-order valence-corrected chi connectivity index (χ2v) is 5.73. The molecule has 0 bridgehead atoms. The Balaban J connectivity index is 1.93. The topological polar surface area (TPSA) is 97.8 Å². The van der Waals surface area contributed by atoms with Gasteiger partial charge in [0.15, 0.2) is 12.1 Å². The lowest BCUT2D eigenvalue weighted by Gasteiger charge is -2.04. The summed E-state index contributed by atoms with van der Waals surface area (Å²) >= 11 is 0. The minimum absolute atomic E-state index is 0.230. The van der Waals surface area contributed by atoms with E-state index in [-0.39, 0.29) is 17.3 Å². The van der Waals surface area contributed by atoms with Crippen molar-refractivity contribution in [2.24, 2.45) is 5.92 Å². The molecule has 0 radical (unpaired) electrons. The van der Waals surface area contributed by atoms with Gasteiger partial charge in [-0.3, -0.25) is 4.79 Å². The maximum absolute atomic E-state index is 12.2. The lowest BCUT2D eigenvalue weighted by atomic mass is 10.1. The Morgan fingerprint density at radius 2 is 2.13 bits per heavy atom. The normalized spacial score (nSPS) is 11.3. The van der Waals surface area contributed by atoms with Gasteiger partial charge in [0, 0.05) is 12.1 Å². The Morgan fingerprint density at radius 3 is 2.83 bits per heavy atom. The summed E-state index contributed by atoms with van der Waals surface area (Å²) in [6.07, 6.45) is 2.81. The fraction of sp³-hybridized carbons (Fsp3) is 0.375. The Morgan fingerprint density at radius 1 is 1.30 bits per heavy atom. The summed E-state index contributed by atoms with van der Waals surface area (Å²) in [5.41, 5.74) is 1.54. The second-order valence-electron chi connectivity index (χ2n) is 5.73. The van der Waals surface area contributed by atoms with Gasteiger partial charge in [0.05, 0.1) is 5.56 Å². The minimum atomic E-state index is -0.230. The summed E-state index contributed by atoms with van der Waals surface area (Å²) in [6, 6.07) is 3.59. The number of H-pyrrole nitrogens is 1. The molecule has 3 rings (SSSR count). The number of hydrogen-bond acceptors (Lipinski definition) is 6. The molecule has 0 aliphatic heterocycles. The van der Waals surface area contributed by atoms with Crippen molar-refractivity contribution in [3.63, 3.8) is 0 Å². The highest BCUT2D eigenvalue weighted by atomic mass is 16.5. The lowest BCUT2D eigenvalue weighted by Crippen LogP contribution is -2.13. The first-order valence-corrected chi connectivity index (χ1v) is 7.57. The number of aromatic amines is 1. The highest BCUT2D eigenvalue weighted by Crippen LogP contribution is 2.23. The molecule has 7 nitrogen and oxygen atoms in total. The van der Waals surface area contributed by atoms with Gasteiger partial charge in [0.1, 0.15) is 5.76 Å². The average molecular weight is 314 g/mol. The molecular formula is C16H18N4O3. The van der Waals surface area contributed by atoms with Gasteiger partial charge < -0.3 is 13.9 Å². The third-order valence-corrected chi connectivity index (χ3v) is 3.43. The molecule has 3 aromatic heterocycles. The number of aromatic nitrogens is 4. The molecule has 23 heavy (non-hydrogen) atoms. The molecule has 0 aromatic carbocycles. The van der Waals surface area contributed by atoms with E-state index < -0.39 is 0 Å². The fourth-order valence-corrected chi connectivity index (χ4v) is 2.37. The van der Waals surface area contributed by atoms with Crippen LogP contribution < -0.4 is 5.56 Å². The molecule has 1 N–H and O–H groups in total. The van der Waals surface area contributed by atoms with Crippen molar-refractivity contribution in [2.45, 2.75) is 33.6 Å². The molecule has 120 valence electrons. The maximum atomic E-state index is 12.2. The molecular weight excluding hydrogens is 296 g/mol. The molecule has 0 saturated heterocycles. The van der Waals surface area contributed by atoms with E-state index >= 15 is 0 Å². The molecule has 3 aromatic rings. The molecule has 7 heteroatoms. The first-order valence-electron chi connectivity index (χ1n) is 7.57. The van der Waals surface area contributed by atoms with Crippen LogP contribution in [-0.4, -0.2) is 20.1 Å². The molecule has 0 atom stereocenters. The molecule has 0 spiro atoms. The van der Waals surface area contributed by atoms with E-state index in [0.717, 1.165) is 12.1 Å². The zero-order valence-electron chi connectivity index (χ0n) is 13.3. The number of aryl methyl sites for hydroxylation is 1. The summed E-state index contributed by atoms with van der Waals surface area (Å²) < 4.78 is 10.5. The van der Waals surface area contributed by atoms with E-state index in [1.807, 2.05) is 13.0 Å². The largest absolute Gasteiger partial charge is 0.448 e. The Hall–Kier alpha value is -2.70. The summed E-state index contributed by atoms with van der Waals surface area (Å²) in [5.74, 6) is 1.62. The van der Waals surface area contributed by atoms with E-state index in [2.05, 4.69) is 34.0 Å². The van der Waals surface area contributed by atoms with Crippen molar-refractivity contribution < 1.29 is 8.94 Å². The Labute approximate surface area is 132 Å². The van der Waals surface area contributed by atoms with Crippen LogP contribution in [0.15, 0.2) is 32.3 Å². The van der Waals surface area contributed by atoms with E-state index in [9.17, 15) is 4.79 Å². The van der Waals surface area contributed by atoms with Crippen LogP contribution in [0.4, 0.5) is 0 Å². The summed E-state index contributed by atoms with van der Waals surface area (Å²) in [4.78, 5) is 23.4. The number of nitrogens with zero attached hydrogens (tertiary/aromatic N) is 3. The molecule has 0 aliphatic carbocycles. The van der Waals surface area contributed by atoms with Gasteiger partial charge in [-0.25, -0.2) is 4.98 Å². The van der Waals surface area contributed by atoms with Crippen molar-refractivity contribution in [1.82, 2.24) is 20.1 Å². The summed E-state index contributed by atoms with van der Waals surface area (Å²) in [7, 11) is 0. The van der Waals surface area contributed by atoms with Crippen molar-refractivity contribution in [1.29, 1.82) is 0 Å². The molecule has 3 heterocycles. The van der Waals surface area contributed by atoms with E-state index in [4.69, 9.17) is 8.94 Å². The van der Waals surface area contributed by atoms with Crippen LogP contribution in [-0.2, 0) is 12.8 Å². The van der Waals surface area contributed by atoms with Crippen molar-refractivity contribution in [3.05, 3.63) is 40.3 Å². The smallest absolute Gasteiger partial charge is 0.280 e. The maximum Gasteiger partial charge on any atom is 0.280 e. The Bertz CT molecular complexity index is 860. The number of nitrogens with one attached hydrogen (secondary N) is 1. The van der Waals surface area contributed by atoms with E-state index in [1.165, 1.54) is 6.39 Å². The minimum Gasteiger partial charge on any atom is -0.448 e.